The first-order chi connectivity index (χ1) is 9.47. The summed E-state index contributed by atoms with van der Waals surface area (Å²) in [6.07, 6.45) is 0.0656. The molecule has 0 bridgehead atoms. The van der Waals surface area contributed by atoms with Crippen molar-refractivity contribution in [1.82, 2.24) is 9.97 Å². The van der Waals surface area contributed by atoms with Crippen LogP contribution in [0.25, 0.3) is 23.4 Å². The number of aromatic nitrogens is 2. The molecular formula is C13H13ClN2O3S. The highest BCUT2D eigenvalue weighted by Crippen LogP contribution is 2.13. The molecule has 0 amide bonds. The van der Waals surface area contributed by atoms with Gasteiger partial charge in [-0.15, -0.1) is 0 Å². The van der Waals surface area contributed by atoms with E-state index in [1.165, 1.54) is 11.8 Å². The highest BCUT2D eigenvalue weighted by molar-refractivity contribution is 7.99. The molecule has 0 radical (unpaired) electrons. The smallest absolute Gasteiger partial charge is 0.304 e. The average molecular weight is 313 g/mol. The summed E-state index contributed by atoms with van der Waals surface area (Å²) in [6, 6.07) is 3.38. The van der Waals surface area contributed by atoms with Crippen LogP contribution in [-0.2, 0) is 4.79 Å². The number of aliphatic hydroxyl groups excluding tert-OH is 1. The number of H-pyrrole nitrogens is 1. The lowest BCUT2D eigenvalue weighted by Crippen LogP contribution is -2.09. The van der Waals surface area contributed by atoms with Crippen LogP contribution in [0.4, 0.5) is 0 Å². The zero-order valence-electron chi connectivity index (χ0n) is 10.5. The van der Waals surface area contributed by atoms with Crippen LogP contribution in [-0.4, -0.2) is 37.7 Å². The van der Waals surface area contributed by atoms with E-state index in [0.717, 1.165) is 5.52 Å². The molecule has 0 saturated heterocycles. The highest BCUT2D eigenvalue weighted by Gasteiger charge is 2.05. The number of nitrogens with zero attached hydrogens (tertiary/aromatic N) is 1. The fraction of sp³-hybridized carbons (Fsp3) is 0.231. The number of nitrogens with one attached hydrogen (secondary N) is 1. The van der Waals surface area contributed by atoms with Gasteiger partial charge in [-0.25, -0.2) is 4.98 Å². The van der Waals surface area contributed by atoms with E-state index in [1.807, 2.05) is 0 Å². The zero-order valence-corrected chi connectivity index (χ0v) is 12.1. The molecule has 2 rings (SSSR count). The summed E-state index contributed by atoms with van der Waals surface area (Å²) in [5.41, 5.74) is 1.97. The van der Waals surface area contributed by atoms with Crippen molar-refractivity contribution in [1.29, 1.82) is 0 Å². The number of aliphatic carboxylic acids is 1. The number of carboxylic acid groups (broad SMARTS) is 1. The molecule has 0 atom stereocenters. The van der Waals surface area contributed by atoms with E-state index in [2.05, 4.69) is 16.5 Å². The summed E-state index contributed by atoms with van der Waals surface area (Å²) in [5.74, 6) is 0.0142. The van der Waals surface area contributed by atoms with Gasteiger partial charge in [0.25, 0.3) is 0 Å². The van der Waals surface area contributed by atoms with Crippen LogP contribution in [0.15, 0.2) is 12.1 Å². The minimum atomic E-state index is -0.850. The molecular weight excluding hydrogens is 300 g/mol. The number of hydrogen-bond acceptors (Lipinski definition) is 4. The molecule has 2 aromatic rings. The van der Waals surface area contributed by atoms with Crippen LogP contribution in [0.1, 0.15) is 6.42 Å². The molecule has 0 aliphatic heterocycles. The van der Waals surface area contributed by atoms with Gasteiger partial charge in [0.15, 0.2) is 0 Å². The van der Waals surface area contributed by atoms with Gasteiger partial charge in [-0.2, -0.15) is 11.8 Å². The lowest BCUT2D eigenvalue weighted by Gasteiger charge is -2.01. The van der Waals surface area contributed by atoms with Crippen molar-refractivity contribution in [3.8, 4) is 0 Å². The number of imidazole rings is 1. The summed E-state index contributed by atoms with van der Waals surface area (Å²) in [4.78, 5) is 17.5. The second-order valence-corrected chi connectivity index (χ2v) is 5.69. The molecule has 1 heterocycles. The summed E-state index contributed by atoms with van der Waals surface area (Å²) in [6.45, 7) is 3.70. The maximum absolute atomic E-state index is 10.4. The molecule has 0 unspecified atom stereocenters. The topological polar surface area (TPSA) is 86.2 Å². The van der Waals surface area contributed by atoms with E-state index < -0.39 is 5.97 Å². The van der Waals surface area contributed by atoms with Gasteiger partial charge in [0, 0.05) is 11.0 Å². The Morgan fingerprint density at radius 1 is 1.45 bits per heavy atom. The van der Waals surface area contributed by atoms with E-state index in [1.54, 1.807) is 12.1 Å². The number of carboxylic acids is 1. The molecule has 0 aliphatic carbocycles. The van der Waals surface area contributed by atoms with Crippen LogP contribution in [0, 0.1) is 0 Å². The molecule has 0 saturated carbocycles. The third-order valence-electron chi connectivity index (χ3n) is 2.63. The van der Waals surface area contributed by atoms with Crippen molar-refractivity contribution in [2.45, 2.75) is 6.42 Å². The third-order valence-corrected chi connectivity index (χ3v) is 3.91. The first kappa shape index (κ1) is 14.7. The zero-order chi connectivity index (χ0) is 14.7. The molecule has 3 N–H and O–H groups in total. The van der Waals surface area contributed by atoms with E-state index in [0.29, 0.717) is 32.7 Å². The van der Waals surface area contributed by atoms with Crippen molar-refractivity contribution < 1.29 is 15.0 Å². The summed E-state index contributed by atoms with van der Waals surface area (Å²) >= 11 is 7.45. The average Bonchev–Trinajstić information content (AvgIpc) is 2.72. The molecule has 7 heteroatoms. The van der Waals surface area contributed by atoms with E-state index >= 15 is 0 Å². The quantitative estimate of drug-likeness (QED) is 0.728. The number of rotatable bonds is 5. The van der Waals surface area contributed by atoms with Gasteiger partial charge in [0.2, 0.25) is 0 Å². The summed E-state index contributed by atoms with van der Waals surface area (Å²) in [5, 5.41) is 19.5. The Labute approximate surface area is 124 Å². The van der Waals surface area contributed by atoms with E-state index in [9.17, 15) is 9.90 Å². The Morgan fingerprint density at radius 2 is 2.20 bits per heavy atom. The number of halogens is 1. The number of aromatic amines is 1. The number of carbonyl (C=O) groups is 1. The minimum absolute atomic E-state index is 0.0656. The lowest BCUT2D eigenvalue weighted by molar-refractivity contribution is -0.136. The van der Waals surface area contributed by atoms with E-state index in [4.69, 9.17) is 16.7 Å². The maximum atomic E-state index is 10.4. The predicted octanol–water partition coefficient (Wildman–Crippen LogP) is 1.50. The first-order valence-electron chi connectivity index (χ1n) is 5.83. The van der Waals surface area contributed by atoms with Crippen LogP contribution in [0.5, 0.6) is 0 Å². The Morgan fingerprint density at radius 3 is 2.90 bits per heavy atom. The van der Waals surface area contributed by atoms with Crippen molar-refractivity contribution in [3.05, 3.63) is 27.9 Å². The van der Waals surface area contributed by atoms with Gasteiger partial charge in [-0.05, 0) is 12.1 Å². The monoisotopic (exact) mass is 312 g/mol. The van der Waals surface area contributed by atoms with Crippen molar-refractivity contribution in [2.75, 3.05) is 11.5 Å². The molecule has 0 spiro atoms. The molecule has 20 heavy (non-hydrogen) atoms. The third kappa shape index (κ3) is 3.46. The molecule has 0 fully saturated rings. The number of benzene rings is 1. The number of fused-ring (bicyclic) bond motifs is 1. The second-order valence-electron chi connectivity index (χ2n) is 4.18. The Kier molecular flexibility index (Phi) is 4.57. The fourth-order valence-corrected chi connectivity index (χ4v) is 2.79. The van der Waals surface area contributed by atoms with Crippen molar-refractivity contribution in [3.63, 3.8) is 0 Å². The van der Waals surface area contributed by atoms with Crippen LogP contribution in [0.3, 0.4) is 0 Å². The number of aliphatic hydroxyl groups is 1. The number of hydrogen-bond donors (Lipinski definition) is 3. The van der Waals surface area contributed by atoms with Gasteiger partial charge >= 0.3 is 5.97 Å². The Balaban J connectivity index is 2.24. The predicted molar refractivity (Wildman–Crippen MR) is 81.5 cm³/mol. The molecule has 0 aliphatic rings. The largest absolute Gasteiger partial charge is 0.511 e. The van der Waals surface area contributed by atoms with Gasteiger partial charge < -0.3 is 15.2 Å². The number of thioether (sulfide) groups is 1. The first-order valence-corrected chi connectivity index (χ1v) is 7.36. The molecule has 106 valence electrons. The molecule has 5 nitrogen and oxygen atoms in total. The van der Waals surface area contributed by atoms with Gasteiger partial charge in [0.1, 0.15) is 11.2 Å². The standard InChI is InChI=1S/C13H13ClN2O3S/c1-7-15-10-4-8(9(14)5-11(10)16-7)12(17)6-20-3-2-13(18)19/h4-5,15,17H,1-3,6H2,(H,18,19). The summed E-state index contributed by atoms with van der Waals surface area (Å²) < 4.78 is 0. The summed E-state index contributed by atoms with van der Waals surface area (Å²) in [7, 11) is 0. The van der Waals surface area contributed by atoms with Gasteiger partial charge in [-0.1, -0.05) is 18.2 Å². The molecule has 1 aromatic carbocycles. The molecule has 1 aromatic heterocycles. The maximum Gasteiger partial charge on any atom is 0.304 e. The van der Waals surface area contributed by atoms with Gasteiger partial charge in [0.05, 0.1) is 28.2 Å². The van der Waals surface area contributed by atoms with Crippen LogP contribution < -0.4 is 10.7 Å². The highest BCUT2D eigenvalue weighted by atomic mass is 35.5. The minimum Gasteiger partial charge on any atom is -0.511 e. The van der Waals surface area contributed by atoms with Crippen LogP contribution in [0.2, 0.25) is 5.02 Å². The lowest BCUT2D eigenvalue weighted by atomic mass is 10.2. The van der Waals surface area contributed by atoms with Crippen molar-refractivity contribution in [2.24, 2.45) is 0 Å². The normalized spacial score (nSPS) is 12.7. The Hall–Kier alpha value is -1.66. The van der Waals surface area contributed by atoms with Gasteiger partial charge in [-0.3, -0.25) is 4.79 Å². The van der Waals surface area contributed by atoms with E-state index in [-0.39, 0.29) is 12.2 Å². The Bertz CT molecular complexity index is 757. The second kappa shape index (κ2) is 6.19. The van der Waals surface area contributed by atoms with Crippen LogP contribution >= 0.6 is 23.4 Å². The fourth-order valence-electron chi connectivity index (χ4n) is 1.71. The van der Waals surface area contributed by atoms with Crippen molar-refractivity contribution >= 4 is 52.7 Å². The SMILES string of the molecule is C=c1nc2cc(Cl)c(=C(O)CSCCC(=O)O)cc2[nH]1.